The highest BCUT2D eigenvalue weighted by molar-refractivity contribution is 9.11. The molecule has 4 nitrogen and oxygen atoms in total. The molecule has 76 valence electrons. The molecule has 1 amide bonds. The van der Waals surface area contributed by atoms with E-state index in [9.17, 15) is 9.59 Å². The summed E-state index contributed by atoms with van der Waals surface area (Å²) in [6.07, 6.45) is 0.410. The first-order valence-electron chi connectivity index (χ1n) is 3.80. The molecule has 0 aromatic carbocycles. The fourth-order valence-corrected chi connectivity index (χ4v) is 2.50. The average molecular weight is 278 g/mol. The van der Waals surface area contributed by atoms with Crippen LogP contribution in [-0.2, 0) is 9.59 Å². The van der Waals surface area contributed by atoms with Crippen molar-refractivity contribution in [1.82, 2.24) is 5.32 Å². The Bertz CT molecular complexity index is 339. The molecule has 0 aliphatic rings. The van der Waals surface area contributed by atoms with Crippen molar-refractivity contribution in [2.24, 2.45) is 0 Å². The third kappa shape index (κ3) is 3.12. The molecule has 0 fully saturated rings. The lowest BCUT2D eigenvalue weighted by atomic mass is 10.2. The van der Waals surface area contributed by atoms with Gasteiger partial charge in [0.2, 0.25) is 6.41 Å². The first kappa shape index (κ1) is 11.2. The minimum atomic E-state index is -0.936. The largest absolute Gasteiger partial charge is 0.481 e. The van der Waals surface area contributed by atoms with Gasteiger partial charge in [0.15, 0.2) is 0 Å². The summed E-state index contributed by atoms with van der Waals surface area (Å²) in [4.78, 5) is 21.6. The van der Waals surface area contributed by atoms with Gasteiger partial charge in [-0.15, -0.1) is 11.3 Å². The Labute approximate surface area is 93.1 Å². The minimum Gasteiger partial charge on any atom is -0.481 e. The topological polar surface area (TPSA) is 66.4 Å². The standard InChI is InChI=1S/C8H8BrNO3S/c9-7-2-1-6(14-7)5(10-4-11)3-8(12)13/h1-2,4-5H,3H2,(H,10,11)(H,12,13)/t5-/m1/s1. The van der Waals surface area contributed by atoms with Crippen molar-refractivity contribution in [2.75, 3.05) is 0 Å². The lowest BCUT2D eigenvalue weighted by molar-refractivity contribution is -0.137. The molecule has 0 bridgehead atoms. The number of hydrogen-bond acceptors (Lipinski definition) is 3. The van der Waals surface area contributed by atoms with E-state index in [0.29, 0.717) is 6.41 Å². The maximum atomic E-state index is 10.5. The van der Waals surface area contributed by atoms with Crippen molar-refractivity contribution in [3.05, 3.63) is 20.8 Å². The zero-order valence-electron chi connectivity index (χ0n) is 7.07. The predicted octanol–water partition coefficient (Wildman–Crippen LogP) is 1.77. The summed E-state index contributed by atoms with van der Waals surface area (Å²) in [5.74, 6) is -0.936. The summed E-state index contributed by atoms with van der Waals surface area (Å²) in [6, 6.07) is 3.17. The Balaban J connectivity index is 2.76. The van der Waals surface area contributed by atoms with E-state index >= 15 is 0 Å². The molecule has 1 aromatic heterocycles. The van der Waals surface area contributed by atoms with Gasteiger partial charge in [0.25, 0.3) is 0 Å². The molecule has 0 aliphatic carbocycles. The summed E-state index contributed by atoms with van der Waals surface area (Å²) in [7, 11) is 0. The van der Waals surface area contributed by atoms with Crippen molar-refractivity contribution in [3.63, 3.8) is 0 Å². The number of aliphatic carboxylic acids is 1. The van der Waals surface area contributed by atoms with E-state index in [2.05, 4.69) is 21.2 Å². The monoisotopic (exact) mass is 277 g/mol. The van der Waals surface area contributed by atoms with Gasteiger partial charge in [0.05, 0.1) is 16.2 Å². The molecule has 6 heteroatoms. The first-order chi connectivity index (χ1) is 6.63. The van der Waals surface area contributed by atoms with Crippen LogP contribution in [-0.4, -0.2) is 17.5 Å². The van der Waals surface area contributed by atoms with Crippen LogP contribution in [0.15, 0.2) is 15.9 Å². The Hall–Kier alpha value is -0.880. The summed E-state index contributed by atoms with van der Waals surface area (Å²) in [6.45, 7) is 0. The number of carbonyl (C=O) groups excluding carboxylic acids is 1. The number of carbonyl (C=O) groups is 2. The van der Waals surface area contributed by atoms with Crippen molar-refractivity contribution in [3.8, 4) is 0 Å². The minimum absolute atomic E-state index is 0.105. The molecule has 0 aliphatic heterocycles. The van der Waals surface area contributed by atoms with E-state index in [0.717, 1.165) is 8.66 Å². The van der Waals surface area contributed by atoms with E-state index in [1.807, 2.05) is 6.07 Å². The van der Waals surface area contributed by atoms with Gasteiger partial charge in [-0.2, -0.15) is 0 Å². The number of carboxylic acid groups (broad SMARTS) is 1. The fourth-order valence-electron chi connectivity index (χ4n) is 1.01. The van der Waals surface area contributed by atoms with Crippen LogP contribution in [0.3, 0.4) is 0 Å². The Kier molecular flexibility index (Phi) is 4.09. The van der Waals surface area contributed by atoms with Gasteiger partial charge < -0.3 is 10.4 Å². The SMILES string of the molecule is O=CN[C@H](CC(=O)O)c1ccc(Br)s1. The summed E-state index contributed by atoms with van der Waals surface area (Å²) < 4.78 is 0.913. The fraction of sp³-hybridized carbons (Fsp3) is 0.250. The quantitative estimate of drug-likeness (QED) is 0.807. The van der Waals surface area contributed by atoms with Crippen LogP contribution in [0.4, 0.5) is 0 Å². The highest BCUT2D eigenvalue weighted by Gasteiger charge is 2.16. The lowest BCUT2D eigenvalue weighted by Crippen LogP contribution is -2.21. The van der Waals surface area contributed by atoms with E-state index in [4.69, 9.17) is 5.11 Å². The normalized spacial score (nSPS) is 12.1. The Morgan fingerprint density at radius 1 is 1.71 bits per heavy atom. The number of halogens is 1. The second-order valence-electron chi connectivity index (χ2n) is 2.58. The van der Waals surface area contributed by atoms with Crippen molar-refractivity contribution >= 4 is 39.6 Å². The molecular formula is C8H8BrNO3S. The number of rotatable bonds is 5. The van der Waals surface area contributed by atoms with Gasteiger partial charge in [-0.1, -0.05) is 0 Å². The molecule has 0 saturated carbocycles. The Morgan fingerprint density at radius 2 is 2.43 bits per heavy atom. The number of carboxylic acids is 1. The van der Waals surface area contributed by atoms with Gasteiger partial charge in [-0.3, -0.25) is 9.59 Å². The highest BCUT2D eigenvalue weighted by atomic mass is 79.9. The molecule has 1 rings (SSSR count). The van der Waals surface area contributed by atoms with Crippen molar-refractivity contribution in [2.45, 2.75) is 12.5 Å². The summed E-state index contributed by atoms with van der Waals surface area (Å²) >= 11 is 4.68. The van der Waals surface area contributed by atoms with Crippen LogP contribution in [0.5, 0.6) is 0 Å². The molecule has 14 heavy (non-hydrogen) atoms. The third-order valence-electron chi connectivity index (χ3n) is 1.59. The van der Waals surface area contributed by atoms with Gasteiger partial charge in [-0.05, 0) is 28.1 Å². The smallest absolute Gasteiger partial charge is 0.305 e. The van der Waals surface area contributed by atoms with Crippen molar-refractivity contribution < 1.29 is 14.7 Å². The van der Waals surface area contributed by atoms with E-state index in [-0.39, 0.29) is 6.42 Å². The number of hydrogen-bond donors (Lipinski definition) is 2. The number of nitrogens with one attached hydrogen (secondary N) is 1. The molecule has 2 N–H and O–H groups in total. The Morgan fingerprint density at radius 3 is 2.86 bits per heavy atom. The van der Waals surface area contributed by atoms with Crippen molar-refractivity contribution in [1.29, 1.82) is 0 Å². The van der Waals surface area contributed by atoms with E-state index in [1.165, 1.54) is 11.3 Å². The van der Waals surface area contributed by atoms with Crippen LogP contribution in [0, 0.1) is 0 Å². The third-order valence-corrected chi connectivity index (χ3v) is 3.32. The molecule has 1 heterocycles. The zero-order chi connectivity index (χ0) is 10.6. The molecule has 0 saturated heterocycles. The maximum Gasteiger partial charge on any atom is 0.305 e. The van der Waals surface area contributed by atoms with Crippen LogP contribution < -0.4 is 5.32 Å². The van der Waals surface area contributed by atoms with Crippen LogP contribution in [0.25, 0.3) is 0 Å². The first-order valence-corrected chi connectivity index (χ1v) is 5.41. The van der Waals surface area contributed by atoms with Gasteiger partial charge in [0.1, 0.15) is 0 Å². The second-order valence-corrected chi connectivity index (χ2v) is 5.07. The summed E-state index contributed by atoms with van der Waals surface area (Å²) in [5, 5.41) is 11.1. The van der Waals surface area contributed by atoms with Crippen LogP contribution in [0.1, 0.15) is 17.3 Å². The molecule has 0 radical (unpaired) electrons. The maximum absolute atomic E-state index is 10.5. The van der Waals surface area contributed by atoms with E-state index in [1.54, 1.807) is 6.07 Å². The van der Waals surface area contributed by atoms with E-state index < -0.39 is 12.0 Å². The molecular weight excluding hydrogens is 270 g/mol. The van der Waals surface area contributed by atoms with Crippen LogP contribution in [0.2, 0.25) is 0 Å². The highest BCUT2D eigenvalue weighted by Crippen LogP contribution is 2.28. The lowest BCUT2D eigenvalue weighted by Gasteiger charge is -2.10. The predicted molar refractivity (Wildman–Crippen MR) is 56.2 cm³/mol. The van der Waals surface area contributed by atoms with Gasteiger partial charge in [0, 0.05) is 4.88 Å². The second kappa shape index (κ2) is 5.11. The number of thiophene rings is 1. The molecule has 1 atom stereocenters. The van der Waals surface area contributed by atoms with Gasteiger partial charge >= 0.3 is 5.97 Å². The number of amides is 1. The average Bonchev–Trinajstić information content (AvgIpc) is 2.50. The molecule has 0 spiro atoms. The summed E-state index contributed by atoms with van der Waals surface area (Å²) in [5.41, 5.74) is 0. The zero-order valence-corrected chi connectivity index (χ0v) is 9.47. The molecule has 1 aromatic rings. The van der Waals surface area contributed by atoms with Gasteiger partial charge in [-0.25, -0.2) is 0 Å². The molecule has 0 unspecified atom stereocenters. The van der Waals surface area contributed by atoms with Crippen LogP contribution >= 0.6 is 27.3 Å².